The summed E-state index contributed by atoms with van der Waals surface area (Å²) < 4.78 is 10.9. The van der Waals surface area contributed by atoms with Crippen LogP contribution in [-0.4, -0.2) is 27.2 Å². The Labute approximate surface area is 98.2 Å². The molecule has 5 heteroatoms. The Morgan fingerprint density at radius 3 is 2.88 bits per heavy atom. The summed E-state index contributed by atoms with van der Waals surface area (Å²) in [6, 6.07) is 5.74. The average molecular weight is 237 g/mol. The van der Waals surface area contributed by atoms with Gasteiger partial charge in [-0.15, -0.1) is 0 Å². The maximum absolute atomic E-state index is 10.9. The van der Waals surface area contributed by atoms with Gasteiger partial charge >= 0.3 is 0 Å². The smallest absolute Gasteiger partial charge is 0.126 e. The summed E-state index contributed by atoms with van der Waals surface area (Å²) in [6.07, 6.45) is 4.07. The second-order valence-corrected chi connectivity index (χ2v) is 5.21. The van der Waals surface area contributed by atoms with Gasteiger partial charge in [-0.05, 0) is 25.5 Å². The van der Waals surface area contributed by atoms with E-state index in [4.69, 9.17) is 5.26 Å². The fourth-order valence-corrected chi connectivity index (χ4v) is 1.90. The average Bonchev–Trinajstić information content (AvgIpc) is 2.27. The van der Waals surface area contributed by atoms with Gasteiger partial charge in [0, 0.05) is 35.0 Å². The van der Waals surface area contributed by atoms with Crippen LogP contribution in [0, 0.1) is 11.3 Å². The number of anilines is 1. The molecule has 0 aliphatic heterocycles. The lowest BCUT2D eigenvalue weighted by molar-refractivity contribution is 0.678. The highest BCUT2D eigenvalue weighted by molar-refractivity contribution is 7.84. The molecule has 2 atom stereocenters. The molecule has 1 aromatic heterocycles. The van der Waals surface area contributed by atoms with Gasteiger partial charge < -0.3 is 5.32 Å². The highest BCUT2D eigenvalue weighted by Crippen LogP contribution is 2.07. The number of nitrogens with zero attached hydrogens (tertiary/aromatic N) is 2. The summed E-state index contributed by atoms with van der Waals surface area (Å²) in [6.45, 7) is 2.02. The van der Waals surface area contributed by atoms with Crippen molar-refractivity contribution in [1.29, 1.82) is 5.26 Å². The first-order valence-corrected chi connectivity index (χ1v) is 6.77. The zero-order valence-electron chi connectivity index (χ0n) is 9.43. The van der Waals surface area contributed by atoms with Crippen LogP contribution in [0.15, 0.2) is 18.3 Å². The van der Waals surface area contributed by atoms with Crippen LogP contribution < -0.4 is 5.32 Å². The minimum absolute atomic E-state index is 0.226. The predicted octanol–water partition coefficient (Wildman–Crippen LogP) is 1.52. The van der Waals surface area contributed by atoms with E-state index in [1.54, 1.807) is 18.4 Å². The summed E-state index contributed by atoms with van der Waals surface area (Å²) in [7, 11) is -0.753. The summed E-state index contributed by atoms with van der Waals surface area (Å²) in [5.74, 6) is 1.43. The second-order valence-electron chi connectivity index (χ2n) is 3.66. The predicted molar refractivity (Wildman–Crippen MR) is 65.6 cm³/mol. The SMILES string of the molecule is CC(CCS(C)=O)Nc1ccc(C#N)cn1. The molecule has 0 spiro atoms. The topological polar surface area (TPSA) is 65.8 Å². The van der Waals surface area contributed by atoms with Crippen LogP contribution in [0.2, 0.25) is 0 Å². The molecule has 0 radical (unpaired) electrons. The van der Waals surface area contributed by atoms with E-state index >= 15 is 0 Å². The van der Waals surface area contributed by atoms with E-state index < -0.39 is 10.8 Å². The van der Waals surface area contributed by atoms with E-state index in [1.807, 2.05) is 13.0 Å². The van der Waals surface area contributed by atoms with E-state index in [0.29, 0.717) is 11.3 Å². The molecule has 4 nitrogen and oxygen atoms in total. The third-order valence-corrected chi connectivity index (χ3v) is 2.94. The van der Waals surface area contributed by atoms with Gasteiger partial charge in [-0.3, -0.25) is 4.21 Å². The number of hydrogen-bond acceptors (Lipinski definition) is 4. The van der Waals surface area contributed by atoms with Crippen molar-refractivity contribution in [2.24, 2.45) is 0 Å². The summed E-state index contributed by atoms with van der Waals surface area (Å²) in [5, 5.41) is 11.8. The Balaban J connectivity index is 2.47. The molecule has 0 bridgehead atoms. The molecule has 1 aromatic rings. The van der Waals surface area contributed by atoms with Crippen LogP contribution in [0.5, 0.6) is 0 Å². The lowest BCUT2D eigenvalue weighted by Gasteiger charge is -2.13. The number of hydrogen-bond donors (Lipinski definition) is 1. The first-order valence-electron chi connectivity index (χ1n) is 5.04. The maximum atomic E-state index is 10.9. The van der Waals surface area contributed by atoms with E-state index in [9.17, 15) is 4.21 Å². The van der Waals surface area contributed by atoms with Crippen molar-refractivity contribution in [2.75, 3.05) is 17.3 Å². The molecule has 0 fully saturated rings. The molecule has 0 aromatic carbocycles. The van der Waals surface area contributed by atoms with Crippen molar-refractivity contribution < 1.29 is 4.21 Å². The van der Waals surface area contributed by atoms with Crippen molar-refractivity contribution in [3.63, 3.8) is 0 Å². The van der Waals surface area contributed by atoms with Crippen molar-refractivity contribution in [1.82, 2.24) is 4.98 Å². The summed E-state index contributed by atoms with van der Waals surface area (Å²) >= 11 is 0. The number of nitrogens with one attached hydrogen (secondary N) is 1. The first-order chi connectivity index (χ1) is 7.61. The first kappa shape index (κ1) is 12.7. The summed E-state index contributed by atoms with van der Waals surface area (Å²) in [5.41, 5.74) is 0.549. The molecule has 0 saturated carbocycles. The van der Waals surface area contributed by atoms with Crippen LogP contribution in [-0.2, 0) is 10.8 Å². The van der Waals surface area contributed by atoms with E-state index in [1.165, 1.54) is 6.20 Å². The van der Waals surface area contributed by atoms with Gasteiger partial charge in [-0.25, -0.2) is 4.98 Å². The fraction of sp³-hybridized carbons (Fsp3) is 0.455. The minimum Gasteiger partial charge on any atom is -0.368 e. The van der Waals surface area contributed by atoms with E-state index in [2.05, 4.69) is 10.3 Å². The molecule has 0 aliphatic carbocycles. The highest BCUT2D eigenvalue weighted by Gasteiger charge is 2.03. The third kappa shape index (κ3) is 4.41. The molecule has 2 unspecified atom stereocenters. The molecule has 16 heavy (non-hydrogen) atoms. The van der Waals surface area contributed by atoms with Gasteiger partial charge in [0.1, 0.15) is 11.9 Å². The van der Waals surface area contributed by atoms with Gasteiger partial charge in [0.25, 0.3) is 0 Å². The molecule has 86 valence electrons. The van der Waals surface area contributed by atoms with Crippen LogP contribution in [0.4, 0.5) is 5.82 Å². The monoisotopic (exact) mass is 237 g/mol. The Bertz CT molecular complexity index is 397. The van der Waals surface area contributed by atoms with Crippen molar-refractivity contribution in [2.45, 2.75) is 19.4 Å². The molecular formula is C11H15N3OS. The van der Waals surface area contributed by atoms with Crippen LogP contribution >= 0.6 is 0 Å². The quantitative estimate of drug-likeness (QED) is 0.843. The normalized spacial score (nSPS) is 13.8. The zero-order valence-corrected chi connectivity index (χ0v) is 10.3. The van der Waals surface area contributed by atoms with E-state index in [-0.39, 0.29) is 6.04 Å². The number of pyridine rings is 1. The Hall–Kier alpha value is -1.41. The Kier molecular flexibility index (Phi) is 4.93. The molecule has 0 amide bonds. The molecule has 1 rings (SSSR count). The van der Waals surface area contributed by atoms with Crippen molar-refractivity contribution in [3.8, 4) is 6.07 Å². The lowest BCUT2D eigenvalue weighted by atomic mass is 10.2. The molecular weight excluding hydrogens is 222 g/mol. The van der Waals surface area contributed by atoms with Gasteiger partial charge in [0.15, 0.2) is 0 Å². The van der Waals surface area contributed by atoms with Gasteiger partial charge in [-0.2, -0.15) is 5.26 Å². The Morgan fingerprint density at radius 2 is 2.38 bits per heavy atom. The molecule has 0 aliphatic rings. The standard InChI is InChI=1S/C11H15N3OS/c1-9(5-6-16(2)15)14-11-4-3-10(7-12)8-13-11/h3-4,8-9H,5-6H2,1-2H3,(H,13,14). The van der Waals surface area contributed by atoms with E-state index in [0.717, 1.165) is 12.2 Å². The Morgan fingerprint density at radius 1 is 1.62 bits per heavy atom. The van der Waals surface area contributed by atoms with Gasteiger partial charge in [0.2, 0.25) is 0 Å². The molecule has 1 N–H and O–H groups in total. The number of aromatic nitrogens is 1. The maximum Gasteiger partial charge on any atom is 0.126 e. The minimum atomic E-state index is -0.753. The number of nitriles is 1. The van der Waals surface area contributed by atoms with Crippen molar-refractivity contribution >= 4 is 16.6 Å². The number of rotatable bonds is 5. The second kappa shape index (κ2) is 6.23. The van der Waals surface area contributed by atoms with Gasteiger partial charge in [0.05, 0.1) is 5.56 Å². The summed E-state index contributed by atoms with van der Waals surface area (Å²) in [4.78, 5) is 4.11. The van der Waals surface area contributed by atoms with Crippen molar-refractivity contribution in [3.05, 3.63) is 23.9 Å². The van der Waals surface area contributed by atoms with Crippen LogP contribution in [0.1, 0.15) is 18.9 Å². The fourth-order valence-electron chi connectivity index (χ4n) is 1.21. The lowest BCUT2D eigenvalue weighted by Crippen LogP contribution is -2.18. The van der Waals surface area contributed by atoms with Crippen LogP contribution in [0.25, 0.3) is 0 Å². The zero-order chi connectivity index (χ0) is 12.0. The molecule has 1 heterocycles. The largest absolute Gasteiger partial charge is 0.368 e. The highest BCUT2D eigenvalue weighted by atomic mass is 32.2. The third-order valence-electron chi connectivity index (χ3n) is 2.13. The molecule has 0 saturated heterocycles. The van der Waals surface area contributed by atoms with Gasteiger partial charge in [-0.1, -0.05) is 0 Å². The van der Waals surface area contributed by atoms with Crippen LogP contribution in [0.3, 0.4) is 0 Å².